The molecule has 1 heterocycles. The van der Waals surface area contributed by atoms with Gasteiger partial charge in [-0.1, -0.05) is 31.2 Å². The van der Waals surface area contributed by atoms with Gasteiger partial charge in [0, 0.05) is 26.2 Å². The van der Waals surface area contributed by atoms with Crippen LogP contribution in [0.15, 0.2) is 42.5 Å². The van der Waals surface area contributed by atoms with Crippen LogP contribution in [0.5, 0.6) is 5.75 Å². The maximum atomic E-state index is 13.1. The molecule has 0 N–H and O–H groups in total. The van der Waals surface area contributed by atoms with Gasteiger partial charge in [0.25, 0.3) is 11.8 Å². The molecule has 2 aliphatic rings. The molecule has 28 heavy (non-hydrogen) atoms. The topological polar surface area (TPSA) is 49.9 Å². The number of imide groups is 1. The Bertz CT molecular complexity index is 978. The summed E-state index contributed by atoms with van der Waals surface area (Å²) < 4.78 is 6.12. The van der Waals surface area contributed by atoms with E-state index in [9.17, 15) is 9.59 Å². The molecule has 144 valence electrons. The summed E-state index contributed by atoms with van der Waals surface area (Å²) in [4.78, 5) is 29.3. The molecule has 2 aromatic rings. The van der Waals surface area contributed by atoms with Gasteiger partial charge in [0.15, 0.2) is 6.23 Å². The predicted octanol–water partition coefficient (Wildman–Crippen LogP) is 4.12. The van der Waals surface area contributed by atoms with Gasteiger partial charge in [0.05, 0.1) is 11.1 Å². The number of anilines is 1. The SMILES string of the molecule is CCC(Oc1ccc2c(c1)C=CCC2)N1C(=O)c2cccc(N(C)C)c2C1=O. The van der Waals surface area contributed by atoms with E-state index in [0.29, 0.717) is 23.3 Å². The standard InChI is InChI=1S/C23H24N2O3/c1-4-20(28-17-13-12-15-8-5-6-9-16(15)14-17)25-22(26)18-10-7-11-19(24(2)3)21(18)23(25)27/h6-7,9-14,20H,4-5,8H2,1-3H3. The highest BCUT2D eigenvalue weighted by Gasteiger charge is 2.42. The van der Waals surface area contributed by atoms with Gasteiger partial charge in [0.2, 0.25) is 0 Å². The van der Waals surface area contributed by atoms with E-state index < -0.39 is 6.23 Å². The molecule has 1 unspecified atom stereocenters. The quantitative estimate of drug-likeness (QED) is 0.737. The smallest absolute Gasteiger partial charge is 0.266 e. The molecular weight excluding hydrogens is 352 g/mol. The van der Waals surface area contributed by atoms with Crippen molar-refractivity contribution in [3.05, 3.63) is 64.7 Å². The fourth-order valence-corrected chi connectivity index (χ4v) is 3.87. The third-order valence-electron chi connectivity index (χ3n) is 5.31. The normalized spacial score (nSPS) is 16.0. The molecule has 0 radical (unpaired) electrons. The van der Waals surface area contributed by atoms with E-state index in [1.54, 1.807) is 12.1 Å². The molecule has 0 saturated carbocycles. The maximum Gasteiger partial charge on any atom is 0.266 e. The van der Waals surface area contributed by atoms with E-state index in [2.05, 4.69) is 18.2 Å². The second-order valence-electron chi connectivity index (χ2n) is 7.36. The van der Waals surface area contributed by atoms with Crippen LogP contribution in [0.3, 0.4) is 0 Å². The molecular formula is C23H24N2O3. The second kappa shape index (κ2) is 7.15. The number of rotatable bonds is 5. The molecule has 1 aliphatic heterocycles. The predicted molar refractivity (Wildman–Crippen MR) is 110 cm³/mol. The summed E-state index contributed by atoms with van der Waals surface area (Å²) in [6, 6.07) is 11.3. The van der Waals surface area contributed by atoms with Crippen LogP contribution in [0, 0.1) is 0 Å². The molecule has 0 saturated heterocycles. The van der Waals surface area contributed by atoms with Crippen LogP contribution < -0.4 is 9.64 Å². The fraction of sp³-hybridized carbons (Fsp3) is 0.304. The lowest BCUT2D eigenvalue weighted by Crippen LogP contribution is -2.43. The Hall–Kier alpha value is -3.08. The number of aryl methyl sites for hydroxylation is 1. The van der Waals surface area contributed by atoms with Crippen molar-refractivity contribution in [1.82, 2.24) is 4.90 Å². The third kappa shape index (κ3) is 2.97. The zero-order valence-corrected chi connectivity index (χ0v) is 16.4. The van der Waals surface area contributed by atoms with Gasteiger partial charge in [-0.15, -0.1) is 0 Å². The third-order valence-corrected chi connectivity index (χ3v) is 5.31. The van der Waals surface area contributed by atoms with Crippen LogP contribution in [0.25, 0.3) is 6.08 Å². The number of amides is 2. The maximum absolute atomic E-state index is 13.1. The number of fused-ring (bicyclic) bond motifs is 2. The molecule has 5 heteroatoms. The fourth-order valence-electron chi connectivity index (χ4n) is 3.87. The van der Waals surface area contributed by atoms with E-state index >= 15 is 0 Å². The van der Waals surface area contributed by atoms with E-state index in [1.807, 2.05) is 44.1 Å². The van der Waals surface area contributed by atoms with E-state index in [1.165, 1.54) is 10.5 Å². The van der Waals surface area contributed by atoms with Crippen LogP contribution >= 0.6 is 0 Å². The molecule has 2 aromatic carbocycles. The Morgan fingerprint density at radius 3 is 2.71 bits per heavy atom. The first kappa shape index (κ1) is 18.3. The van der Waals surface area contributed by atoms with Gasteiger partial charge < -0.3 is 9.64 Å². The Morgan fingerprint density at radius 1 is 1.14 bits per heavy atom. The minimum absolute atomic E-state index is 0.297. The number of ether oxygens (including phenoxy) is 1. The van der Waals surface area contributed by atoms with Crippen molar-refractivity contribution >= 4 is 23.6 Å². The number of benzene rings is 2. The van der Waals surface area contributed by atoms with Gasteiger partial charge >= 0.3 is 0 Å². The van der Waals surface area contributed by atoms with Crippen molar-refractivity contribution < 1.29 is 14.3 Å². The zero-order chi connectivity index (χ0) is 19.8. The van der Waals surface area contributed by atoms with Crippen LogP contribution in [0.4, 0.5) is 5.69 Å². The molecule has 5 nitrogen and oxygen atoms in total. The molecule has 0 bridgehead atoms. The van der Waals surface area contributed by atoms with Crippen molar-refractivity contribution in [2.24, 2.45) is 0 Å². The van der Waals surface area contributed by atoms with Crippen molar-refractivity contribution in [3.8, 4) is 5.75 Å². The first-order chi connectivity index (χ1) is 13.5. The second-order valence-corrected chi connectivity index (χ2v) is 7.36. The highest BCUT2D eigenvalue weighted by atomic mass is 16.5. The van der Waals surface area contributed by atoms with Gasteiger partial charge in [-0.05, 0) is 48.2 Å². The van der Waals surface area contributed by atoms with E-state index in [4.69, 9.17) is 4.74 Å². The van der Waals surface area contributed by atoms with E-state index in [0.717, 1.165) is 24.1 Å². The number of hydrogen-bond donors (Lipinski definition) is 0. The summed E-state index contributed by atoms with van der Waals surface area (Å²) >= 11 is 0. The minimum Gasteiger partial charge on any atom is -0.470 e. The van der Waals surface area contributed by atoms with Crippen molar-refractivity contribution in [3.63, 3.8) is 0 Å². The van der Waals surface area contributed by atoms with Crippen LogP contribution in [-0.2, 0) is 6.42 Å². The Kier molecular flexibility index (Phi) is 4.67. The lowest BCUT2D eigenvalue weighted by atomic mass is 9.97. The van der Waals surface area contributed by atoms with Gasteiger partial charge in [-0.2, -0.15) is 0 Å². The first-order valence-corrected chi connectivity index (χ1v) is 9.65. The van der Waals surface area contributed by atoms with Crippen molar-refractivity contribution in [2.45, 2.75) is 32.4 Å². The summed E-state index contributed by atoms with van der Waals surface area (Å²) in [6.07, 6.45) is 6.18. The van der Waals surface area contributed by atoms with Crippen LogP contribution in [-0.4, -0.2) is 37.0 Å². The summed E-state index contributed by atoms with van der Waals surface area (Å²) in [7, 11) is 3.73. The highest BCUT2D eigenvalue weighted by Crippen LogP contribution is 2.33. The summed E-state index contributed by atoms with van der Waals surface area (Å²) in [6.45, 7) is 1.92. The van der Waals surface area contributed by atoms with Crippen LogP contribution in [0.2, 0.25) is 0 Å². The number of carbonyl (C=O) groups excluding carboxylic acids is 2. The molecule has 2 amide bonds. The molecule has 0 fully saturated rings. The van der Waals surface area contributed by atoms with E-state index in [-0.39, 0.29) is 11.8 Å². The molecule has 4 rings (SSSR count). The van der Waals surface area contributed by atoms with Gasteiger partial charge in [-0.3, -0.25) is 9.59 Å². The zero-order valence-electron chi connectivity index (χ0n) is 16.4. The number of carbonyl (C=O) groups is 2. The minimum atomic E-state index is -0.645. The Labute approximate surface area is 165 Å². The monoisotopic (exact) mass is 376 g/mol. The Balaban J connectivity index is 1.64. The molecule has 0 spiro atoms. The number of nitrogens with zero attached hydrogens (tertiary/aromatic N) is 2. The molecule has 0 aromatic heterocycles. The first-order valence-electron chi connectivity index (χ1n) is 9.65. The molecule has 1 aliphatic carbocycles. The van der Waals surface area contributed by atoms with Crippen molar-refractivity contribution in [2.75, 3.05) is 19.0 Å². The summed E-state index contributed by atoms with van der Waals surface area (Å²) in [5.74, 6) is 0.0731. The summed E-state index contributed by atoms with van der Waals surface area (Å²) in [5, 5.41) is 0. The molecule has 1 atom stereocenters. The lowest BCUT2D eigenvalue weighted by molar-refractivity contribution is 0.0226. The van der Waals surface area contributed by atoms with Gasteiger partial charge in [-0.25, -0.2) is 4.90 Å². The average molecular weight is 376 g/mol. The van der Waals surface area contributed by atoms with Crippen LogP contribution in [0.1, 0.15) is 51.6 Å². The number of hydrogen-bond acceptors (Lipinski definition) is 4. The average Bonchev–Trinajstić information content (AvgIpc) is 2.96. The Morgan fingerprint density at radius 2 is 1.96 bits per heavy atom. The van der Waals surface area contributed by atoms with Crippen molar-refractivity contribution in [1.29, 1.82) is 0 Å². The lowest BCUT2D eigenvalue weighted by Gasteiger charge is -2.26. The van der Waals surface area contributed by atoms with Gasteiger partial charge in [0.1, 0.15) is 5.75 Å². The highest BCUT2D eigenvalue weighted by molar-refractivity contribution is 6.23. The largest absolute Gasteiger partial charge is 0.470 e. The number of allylic oxidation sites excluding steroid dienone is 1. The summed E-state index contributed by atoms with van der Waals surface area (Å²) in [5.41, 5.74) is 4.06.